The first-order valence-electron chi connectivity index (χ1n) is 15.8. The summed E-state index contributed by atoms with van der Waals surface area (Å²) in [4.78, 5) is 60.2. The average molecular weight is 734 g/mol. The van der Waals surface area contributed by atoms with Crippen LogP contribution in [0.2, 0.25) is 0 Å². The average Bonchev–Trinajstić information content (AvgIpc) is 2.96. The number of rotatable bonds is 6. The molecule has 0 saturated heterocycles. The van der Waals surface area contributed by atoms with Crippen LogP contribution < -0.4 is 0 Å². The van der Waals surface area contributed by atoms with Crippen LogP contribution >= 0.6 is 0 Å². The summed E-state index contributed by atoms with van der Waals surface area (Å²) in [6.45, 7) is 11.3. The van der Waals surface area contributed by atoms with Gasteiger partial charge in [-0.2, -0.15) is 31.2 Å². The molecule has 0 spiro atoms. The van der Waals surface area contributed by atoms with E-state index in [9.17, 15) is 45.5 Å². The van der Waals surface area contributed by atoms with Crippen LogP contribution in [0.1, 0.15) is 84.9 Å². The van der Waals surface area contributed by atoms with E-state index < -0.39 is 82.6 Å². The molecule has 1 aromatic carbocycles. The minimum atomic E-state index is -5.19. The smallest absolute Gasteiger partial charge is 0.424 e. The number of allylic oxidation sites excluding steroid dienone is 2. The predicted molar refractivity (Wildman–Crippen MR) is 170 cm³/mol. The molecule has 51 heavy (non-hydrogen) atoms. The number of methoxy groups -OCH3 is 1. The van der Waals surface area contributed by atoms with Crippen LogP contribution in [0.3, 0.4) is 0 Å². The number of esters is 1. The monoisotopic (exact) mass is 733 g/mol. The third kappa shape index (κ3) is 9.61. The van der Waals surface area contributed by atoms with Crippen molar-refractivity contribution in [1.29, 1.82) is 0 Å². The fraction of sp³-hybridized carbons (Fsp3) is 0.559. The predicted octanol–water partition coefficient (Wildman–Crippen LogP) is 8.21. The van der Waals surface area contributed by atoms with Crippen LogP contribution in [-0.2, 0) is 42.6 Å². The molecule has 2 atom stereocenters. The van der Waals surface area contributed by atoms with E-state index in [1.54, 1.807) is 48.5 Å². The normalized spacial score (nSPS) is 19.4. The van der Waals surface area contributed by atoms with E-state index in [2.05, 4.69) is 4.99 Å². The van der Waals surface area contributed by atoms with E-state index in [0.717, 1.165) is 7.11 Å². The second-order valence-electron chi connectivity index (χ2n) is 13.9. The SMILES string of the molecule is CCOC(=O)C1(N(Cc2cc(C(F)(F)F)cc(C(F)(F)F)c2)C(=O)OC)CC(C)N=C2C=C(N(C(=O)OC(C)(C)C)C(=O)OC(C)(C)C)CC=C21. The highest BCUT2D eigenvalue weighted by Crippen LogP contribution is 2.43. The second kappa shape index (κ2) is 14.6. The molecule has 0 fully saturated rings. The number of nitrogens with zero attached hydrogens (tertiary/aromatic N) is 3. The van der Waals surface area contributed by atoms with Gasteiger partial charge in [0.2, 0.25) is 0 Å². The number of hydrogen-bond acceptors (Lipinski definition) is 9. The van der Waals surface area contributed by atoms with Crippen molar-refractivity contribution in [3.05, 3.63) is 58.3 Å². The number of alkyl halides is 6. The molecule has 2 aliphatic rings. The number of amides is 3. The molecule has 1 aliphatic carbocycles. The van der Waals surface area contributed by atoms with Crippen molar-refractivity contribution < 1.29 is 64.5 Å². The molecule has 1 aromatic rings. The highest BCUT2D eigenvalue weighted by atomic mass is 19.4. The Hall–Kier alpha value is -4.57. The van der Waals surface area contributed by atoms with Gasteiger partial charge in [-0.05, 0) is 85.2 Å². The maximum absolute atomic E-state index is 14.1. The zero-order valence-electron chi connectivity index (χ0n) is 29.7. The number of halogens is 6. The minimum absolute atomic E-state index is 0.00910. The summed E-state index contributed by atoms with van der Waals surface area (Å²) < 4.78 is 104. The number of carbonyl (C=O) groups excluding carboxylic acids is 4. The summed E-state index contributed by atoms with van der Waals surface area (Å²) in [5.74, 6) is -1.07. The van der Waals surface area contributed by atoms with Crippen molar-refractivity contribution in [3.63, 3.8) is 0 Å². The molecule has 3 rings (SSSR count). The molecule has 2 unspecified atom stereocenters. The van der Waals surface area contributed by atoms with Crippen LogP contribution in [0.4, 0.5) is 40.7 Å². The van der Waals surface area contributed by atoms with E-state index in [4.69, 9.17) is 18.9 Å². The lowest BCUT2D eigenvalue weighted by Crippen LogP contribution is -2.62. The van der Waals surface area contributed by atoms with Gasteiger partial charge in [-0.3, -0.25) is 9.89 Å². The van der Waals surface area contributed by atoms with E-state index in [1.807, 2.05) is 0 Å². The molecule has 282 valence electrons. The summed E-state index contributed by atoms with van der Waals surface area (Å²) >= 11 is 0. The van der Waals surface area contributed by atoms with E-state index in [0.29, 0.717) is 21.9 Å². The molecule has 0 N–H and O–H groups in total. The Kier molecular flexibility index (Phi) is 11.7. The molecule has 11 nitrogen and oxygen atoms in total. The topological polar surface area (TPSA) is 124 Å². The number of ether oxygens (including phenoxy) is 4. The molecule has 17 heteroatoms. The highest BCUT2D eigenvalue weighted by molar-refractivity contribution is 6.17. The van der Waals surface area contributed by atoms with E-state index in [-0.39, 0.29) is 42.5 Å². The summed E-state index contributed by atoms with van der Waals surface area (Å²) in [5.41, 5.74) is -8.23. The standard InChI is InChI=1S/C34H41F6N3O8/c1-10-49-26(44)32(42(27(45)48-9)18-20-13-21(33(35,36)37)15-22(14-20)34(38,39)40)17-19(2)41-25-16-23(11-12-24(25)32)43(28(46)50-30(3,4)5)29(47)51-31(6,7)8/h12-16,19H,10-11,17-18H2,1-9H3. The molecular weight excluding hydrogens is 692 g/mol. The molecular formula is C34H41F6N3O8. The zero-order valence-corrected chi connectivity index (χ0v) is 29.7. The minimum Gasteiger partial charge on any atom is -0.464 e. The second-order valence-corrected chi connectivity index (χ2v) is 13.9. The van der Waals surface area contributed by atoms with Gasteiger partial charge in [0.05, 0.1) is 43.1 Å². The van der Waals surface area contributed by atoms with Gasteiger partial charge in [-0.15, -0.1) is 0 Å². The Labute approximate surface area is 291 Å². The largest absolute Gasteiger partial charge is 0.464 e. The van der Waals surface area contributed by atoms with Gasteiger partial charge < -0.3 is 18.9 Å². The van der Waals surface area contributed by atoms with Crippen LogP contribution in [-0.4, -0.2) is 76.3 Å². The number of benzene rings is 1. The Balaban J connectivity index is 2.26. The third-order valence-corrected chi connectivity index (χ3v) is 7.39. The van der Waals surface area contributed by atoms with Gasteiger partial charge in [0, 0.05) is 24.1 Å². The first-order valence-corrected chi connectivity index (χ1v) is 15.8. The lowest BCUT2D eigenvalue weighted by molar-refractivity contribution is -0.155. The molecule has 1 aliphatic heterocycles. The maximum atomic E-state index is 14.1. The van der Waals surface area contributed by atoms with Crippen molar-refractivity contribution in [2.45, 2.75) is 110 Å². The Morgan fingerprint density at radius 2 is 1.37 bits per heavy atom. The first-order chi connectivity index (χ1) is 23.2. The van der Waals surface area contributed by atoms with Gasteiger partial charge in [0.15, 0.2) is 5.54 Å². The van der Waals surface area contributed by atoms with Crippen molar-refractivity contribution >= 4 is 30.0 Å². The first kappa shape index (κ1) is 40.9. The van der Waals surface area contributed by atoms with Crippen molar-refractivity contribution in [2.24, 2.45) is 4.99 Å². The lowest BCUT2D eigenvalue weighted by atomic mass is 9.74. The third-order valence-electron chi connectivity index (χ3n) is 7.39. The fourth-order valence-electron chi connectivity index (χ4n) is 5.56. The zero-order chi connectivity index (χ0) is 38.9. The van der Waals surface area contributed by atoms with E-state index in [1.165, 1.54) is 19.1 Å². The van der Waals surface area contributed by atoms with Crippen molar-refractivity contribution in [1.82, 2.24) is 9.80 Å². The van der Waals surface area contributed by atoms with Crippen LogP contribution in [0.5, 0.6) is 0 Å². The lowest BCUT2D eigenvalue weighted by Gasteiger charge is -2.46. The van der Waals surface area contributed by atoms with Crippen LogP contribution in [0.25, 0.3) is 0 Å². The van der Waals surface area contributed by atoms with Crippen molar-refractivity contribution in [3.8, 4) is 0 Å². The van der Waals surface area contributed by atoms with E-state index >= 15 is 0 Å². The number of imide groups is 1. The van der Waals surface area contributed by atoms with Crippen molar-refractivity contribution in [2.75, 3.05) is 13.7 Å². The molecule has 0 aromatic heterocycles. The number of carbonyl (C=O) groups is 4. The maximum Gasteiger partial charge on any atom is 0.424 e. The molecule has 3 amide bonds. The van der Waals surface area contributed by atoms with Gasteiger partial charge in [-0.1, -0.05) is 6.08 Å². The Morgan fingerprint density at radius 3 is 1.80 bits per heavy atom. The van der Waals surface area contributed by atoms with Gasteiger partial charge in [0.25, 0.3) is 0 Å². The molecule has 0 radical (unpaired) electrons. The molecule has 0 saturated carbocycles. The number of aliphatic imine (C=N–C) groups is 1. The Bertz CT molecular complexity index is 1580. The number of fused-ring (bicyclic) bond motifs is 1. The number of hydrogen-bond donors (Lipinski definition) is 0. The highest BCUT2D eigenvalue weighted by Gasteiger charge is 2.56. The fourth-order valence-corrected chi connectivity index (χ4v) is 5.56. The Morgan fingerprint density at radius 1 is 0.863 bits per heavy atom. The van der Waals surface area contributed by atoms with Gasteiger partial charge in [0.1, 0.15) is 11.2 Å². The van der Waals surface area contributed by atoms with Crippen LogP contribution in [0, 0.1) is 0 Å². The molecule has 1 heterocycles. The summed E-state index contributed by atoms with van der Waals surface area (Å²) in [7, 11) is 0.926. The van der Waals surface area contributed by atoms with Crippen LogP contribution in [0.15, 0.2) is 46.6 Å². The summed E-state index contributed by atoms with van der Waals surface area (Å²) in [6, 6.07) is -0.0126. The summed E-state index contributed by atoms with van der Waals surface area (Å²) in [6.07, 6.45) is -11.8. The summed E-state index contributed by atoms with van der Waals surface area (Å²) in [5, 5.41) is 0. The van der Waals surface area contributed by atoms with Gasteiger partial charge in [-0.25, -0.2) is 19.2 Å². The van der Waals surface area contributed by atoms with Gasteiger partial charge >= 0.3 is 36.6 Å². The molecule has 0 bridgehead atoms. The quantitative estimate of drug-likeness (QED) is 0.163.